The van der Waals surface area contributed by atoms with Crippen LogP contribution in [0.4, 0.5) is 5.69 Å². The average molecular weight is 505 g/mol. The zero-order valence-corrected chi connectivity index (χ0v) is 21.4. The largest absolute Gasteiger partial charge is 0.493 e. The lowest BCUT2D eigenvalue weighted by Gasteiger charge is -2.41. The summed E-state index contributed by atoms with van der Waals surface area (Å²) < 4.78 is 28.7. The number of carbonyl (C=O) groups is 1. The van der Waals surface area contributed by atoms with Gasteiger partial charge in [-0.3, -0.25) is 4.79 Å². The molecule has 2 N–H and O–H groups in total. The van der Waals surface area contributed by atoms with Crippen molar-refractivity contribution < 1.29 is 28.5 Å². The van der Waals surface area contributed by atoms with Gasteiger partial charge in [-0.15, -0.1) is 0 Å². The molecule has 2 aliphatic rings. The highest BCUT2D eigenvalue weighted by Crippen LogP contribution is 2.40. The number of fused-ring (bicyclic) bond motifs is 1. The monoisotopic (exact) mass is 504 g/mol. The highest BCUT2D eigenvalue weighted by Gasteiger charge is 2.38. The summed E-state index contributed by atoms with van der Waals surface area (Å²) >= 11 is 0. The van der Waals surface area contributed by atoms with E-state index >= 15 is 0 Å². The number of nitrogens with one attached hydrogen (secondary N) is 2. The van der Waals surface area contributed by atoms with Gasteiger partial charge in [-0.05, 0) is 41.5 Å². The molecule has 0 saturated carbocycles. The second-order valence-corrected chi connectivity index (χ2v) is 9.17. The van der Waals surface area contributed by atoms with Gasteiger partial charge in [-0.1, -0.05) is 24.3 Å². The van der Waals surface area contributed by atoms with Gasteiger partial charge in [0, 0.05) is 42.7 Å². The first-order valence-electron chi connectivity index (χ1n) is 12.4. The number of carbonyl (C=O) groups excluding carboxylic acids is 1. The van der Waals surface area contributed by atoms with Crippen molar-refractivity contribution in [3.8, 4) is 34.1 Å². The summed E-state index contributed by atoms with van der Waals surface area (Å²) in [5.74, 6) is 1.69. The molecule has 0 atom stereocenters. The fourth-order valence-corrected chi connectivity index (χ4v) is 4.92. The van der Waals surface area contributed by atoms with Crippen LogP contribution >= 0.6 is 0 Å². The smallest absolute Gasteiger partial charge is 0.228 e. The zero-order valence-electron chi connectivity index (χ0n) is 21.4. The molecule has 8 heteroatoms. The van der Waals surface area contributed by atoms with Crippen molar-refractivity contribution in [2.24, 2.45) is 0 Å². The summed E-state index contributed by atoms with van der Waals surface area (Å²) in [4.78, 5) is 12.9. The van der Waals surface area contributed by atoms with Crippen LogP contribution in [0.2, 0.25) is 0 Å². The summed E-state index contributed by atoms with van der Waals surface area (Å²) in [7, 11) is 4.65. The number of methoxy groups -OCH3 is 3. The number of anilines is 1. The van der Waals surface area contributed by atoms with E-state index < -0.39 is 5.79 Å². The van der Waals surface area contributed by atoms with Crippen LogP contribution < -0.4 is 29.6 Å². The minimum Gasteiger partial charge on any atom is -0.493 e. The molecule has 37 heavy (non-hydrogen) atoms. The predicted octanol–water partition coefficient (Wildman–Crippen LogP) is 4.55. The SMILES string of the molecule is COc1ccc(CC(=O)Nc2cccc(-c3ccc4c(c3)COC3(CCNCC3)O4)c2)c(OC)c1OC. The van der Waals surface area contributed by atoms with Gasteiger partial charge in [-0.25, -0.2) is 0 Å². The molecule has 1 spiro atoms. The molecule has 1 saturated heterocycles. The zero-order chi connectivity index (χ0) is 25.8. The Morgan fingerprint density at radius 1 is 0.946 bits per heavy atom. The van der Waals surface area contributed by atoms with E-state index in [0.717, 1.165) is 48.4 Å². The fraction of sp³-hybridized carbons (Fsp3) is 0.345. The quantitative estimate of drug-likeness (QED) is 0.488. The van der Waals surface area contributed by atoms with Gasteiger partial charge in [-0.2, -0.15) is 0 Å². The van der Waals surface area contributed by atoms with Gasteiger partial charge in [0.05, 0.1) is 34.4 Å². The number of piperidine rings is 1. The van der Waals surface area contributed by atoms with Gasteiger partial charge in [0.1, 0.15) is 5.75 Å². The van der Waals surface area contributed by atoms with E-state index in [1.807, 2.05) is 36.4 Å². The van der Waals surface area contributed by atoms with Gasteiger partial charge < -0.3 is 34.3 Å². The summed E-state index contributed by atoms with van der Waals surface area (Å²) in [5, 5.41) is 6.35. The summed E-state index contributed by atoms with van der Waals surface area (Å²) in [6.45, 7) is 2.31. The first-order valence-corrected chi connectivity index (χ1v) is 12.4. The first kappa shape index (κ1) is 24.9. The topological polar surface area (TPSA) is 87.3 Å². The van der Waals surface area contributed by atoms with Crippen LogP contribution in [0.1, 0.15) is 24.0 Å². The molecule has 5 rings (SSSR count). The van der Waals surface area contributed by atoms with Gasteiger partial charge in [0.2, 0.25) is 17.4 Å². The van der Waals surface area contributed by atoms with Gasteiger partial charge in [0.25, 0.3) is 0 Å². The molecule has 2 aliphatic heterocycles. The number of benzene rings is 3. The third-order valence-corrected chi connectivity index (χ3v) is 6.83. The summed E-state index contributed by atoms with van der Waals surface area (Å²) in [5.41, 5.74) is 4.46. The van der Waals surface area contributed by atoms with Crippen molar-refractivity contribution in [2.75, 3.05) is 39.7 Å². The lowest BCUT2D eigenvalue weighted by Crippen LogP contribution is -2.49. The standard InChI is InChI=1S/C29H32N2O6/c1-33-25-10-8-21(27(34-2)28(25)35-3)17-26(32)31-23-6-4-5-19(16-23)20-7-9-24-22(15-20)18-36-29(37-24)11-13-30-14-12-29/h4-10,15-16,30H,11-14,17-18H2,1-3H3,(H,31,32). The summed E-state index contributed by atoms with van der Waals surface area (Å²) in [6.07, 6.45) is 1.80. The van der Waals surface area contributed by atoms with Gasteiger partial charge >= 0.3 is 0 Å². The van der Waals surface area contributed by atoms with E-state index in [9.17, 15) is 4.79 Å². The van der Waals surface area contributed by atoms with Crippen LogP contribution in [0.25, 0.3) is 11.1 Å². The van der Waals surface area contributed by atoms with E-state index in [4.69, 9.17) is 23.7 Å². The maximum Gasteiger partial charge on any atom is 0.228 e. The van der Waals surface area contributed by atoms with Crippen molar-refractivity contribution in [2.45, 2.75) is 31.7 Å². The Hall–Kier alpha value is -3.75. The van der Waals surface area contributed by atoms with Crippen molar-refractivity contribution >= 4 is 11.6 Å². The number of rotatable bonds is 7. The van der Waals surface area contributed by atoms with Crippen molar-refractivity contribution in [3.05, 3.63) is 65.7 Å². The van der Waals surface area contributed by atoms with E-state index in [1.165, 1.54) is 0 Å². The Labute approximate surface area is 216 Å². The Balaban J connectivity index is 1.30. The maximum absolute atomic E-state index is 12.9. The van der Waals surface area contributed by atoms with Crippen molar-refractivity contribution in [1.29, 1.82) is 0 Å². The molecule has 3 aromatic carbocycles. The highest BCUT2D eigenvalue weighted by molar-refractivity contribution is 5.93. The lowest BCUT2D eigenvalue weighted by molar-refractivity contribution is -0.218. The number of ether oxygens (including phenoxy) is 5. The molecular weight excluding hydrogens is 472 g/mol. The van der Waals surface area contributed by atoms with E-state index in [1.54, 1.807) is 33.5 Å². The molecule has 1 amide bonds. The van der Waals surface area contributed by atoms with Crippen LogP contribution in [0.15, 0.2) is 54.6 Å². The molecule has 8 nitrogen and oxygen atoms in total. The Morgan fingerprint density at radius 3 is 2.49 bits per heavy atom. The van der Waals surface area contributed by atoms with Crippen LogP contribution in [0, 0.1) is 0 Å². The van der Waals surface area contributed by atoms with E-state index in [0.29, 0.717) is 35.1 Å². The Morgan fingerprint density at radius 2 is 1.73 bits per heavy atom. The molecule has 3 aromatic rings. The molecule has 0 aromatic heterocycles. The molecule has 1 fully saturated rings. The van der Waals surface area contributed by atoms with Crippen molar-refractivity contribution in [3.63, 3.8) is 0 Å². The third-order valence-electron chi connectivity index (χ3n) is 6.83. The average Bonchev–Trinajstić information content (AvgIpc) is 2.93. The predicted molar refractivity (Wildman–Crippen MR) is 141 cm³/mol. The molecule has 2 heterocycles. The number of amides is 1. The third kappa shape index (κ3) is 5.21. The van der Waals surface area contributed by atoms with E-state index in [-0.39, 0.29) is 12.3 Å². The van der Waals surface area contributed by atoms with Crippen LogP contribution in [0.5, 0.6) is 23.0 Å². The second kappa shape index (κ2) is 10.7. The highest BCUT2D eigenvalue weighted by atomic mass is 16.7. The lowest BCUT2D eigenvalue weighted by atomic mass is 9.99. The molecular formula is C29H32N2O6. The summed E-state index contributed by atoms with van der Waals surface area (Å²) in [6, 6.07) is 17.5. The van der Waals surface area contributed by atoms with Crippen LogP contribution in [-0.4, -0.2) is 46.1 Å². The normalized spacial score (nSPS) is 15.9. The number of hydrogen-bond acceptors (Lipinski definition) is 7. The van der Waals surface area contributed by atoms with Crippen LogP contribution in [0.3, 0.4) is 0 Å². The maximum atomic E-state index is 12.9. The number of hydrogen-bond donors (Lipinski definition) is 2. The minimum absolute atomic E-state index is 0.124. The van der Waals surface area contributed by atoms with Crippen LogP contribution in [-0.2, 0) is 22.6 Å². The Bertz CT molecular complexity index is 1290. The minimum atomic E-state index is -0.513. The van der Waals surface area contributed by atoms with E-state index in [2.05, 4.69) is 16.7 Å². The molecule has 0 radical (unpaired) electrons. The second-order valence-electron chi connectivity index (χ2n) is 9.17. The first-order chi connectivity index (χ1) is 18.0. The fourth-order valence-electron chi connectivity index (χ4n) is 4.92. The molecule has 0 aliphatic carbocycles. The molecule has 194 valence electrons. The Kier molecular flexibility index (Phi) is 7.21. The van der Waals surface area contributed by atoms with Crippen molar-refractivity contribution in [1.82, 2.24) is 5.32 Å². The molecule has 0 unspecified atom stereocenters. The molecule has 0 bridgehead atoms. The van der Waals surface area contributed by atoms with Gasteiger partial charge in [0.15, 0.2) is 11.5 Å².